The number of anilines is 2. The van der Waals surface area contributed by atoms with Crippen LogP contribution in [0.4, 0.5) is 11.6 Å². The predicted octanol–water partition coefficient (Wildman–Crippen LogP) is 3.87. The lowest BCUT2D eigenvalue weighted by atomic mass is 10.2. The molecule has 0 spiro atoms. The highest BCUT2D eigenvalue weighted by molar-refractivity contribution is 6.31. The fraction of sp³-hybridized carbons (Fsp3) is 0.350. The first-order chi connectivity index (χ1) is 13.6. The molecular formula is C20H22Cl2N6. The van der Waals surface area contributed by atoms with Crippen molar-refractivity contribution in [1.29, 1.82) is 0 Å². The number of piperazine rings is 1. The van der Waals surface area contributed by atoms with Crippen molar-refractivity contribution in [2.24, 2.45) is 0 Å². The van der Waals surface area contributed by atoms with Crippen LogP contribution in [-0.2, 0) is 0 Å². The molecular weight excluding hydrogens is 395 g/mol. The molecule has 3 aromatic rings. The molecule has 0 saturated carbocycles. The Hall–Kier alpha value is -2.15. The van der Waals surface area contributed by atoms with Gasteiger partial charge in [-0.05, 0) is 37.3 Å². The van der Waals surface area contributed by atoms with Crippen LogP contribution in [0.15, 0.2) is 36.5 Å². The summed E-state index contributed by atoms with van der Waals surface area (Å²) in [7, 11) is 0. The molecule has 0 atom stereocenters. The molecule has 1 aliphatic heterocycles. The quantitative estimate of drug-likeness (QED) is 0.636. The van der Waals surface area contributed by atoms with E-state index >= 15 is 0 Å². The fourth-order valence-electron chi connectivity index (χ4n) is 3.45. The van der Waals surface area contributed by atoms with Crippen molar-refractivity contribution in [3.63, 3.8) is 0 Å². The molecule has 1 aliphatic rings. The lowest BCUT2D eigenvalue weighted by Crippen LogP contribution is -2.48. The van der Waals surface area contributed by atoms with Gasteiger partial charge in [0.1, 0.15) is 5.15 Å². The topological polar surface area (TPSA) is 57.2 Å². The number of nitrogens with zero attached hydrogens (tertiary/aromatic N) is 5. The monoisotopic (exact) mass is 416 g/mol. The summed E-state index contributed by atoms with van der Waals surface area (Å²) in [5.41, 5.74) is 2.89. The van der Waals surface area contributed by atoms with Gasteiger partial charge in [0.2, 0.25) is 5.95 Å². The third kappa shape index (κ3) is 4.46. The largest absolute Gasteiger partial charge is 0.383 e. The second-order valence-corrected chi connectivity index (χ2v) is 7.73. The van der Waals surface area contributed by atoms with Gasteiger partial charge in [0.05, 0.1) is 5.52 Å². The van der Waals surface area contributed by atoms with Crippen LogP contribution in [-0.4, -0.2) is 59.1 Å². The van der Waals surface area contributed by atoms with Crippen LogP contribution < -0.4 is 10.2 Å². The van der Waals surface area contributed by atoms with Crippen LogP contribution in [0.5, 0.6) is 0 Å². The van der Waals surface area contributed by atoms with Crippen molar-refractivity contribution in [2.75, 3.05) is 49.5 Å². The van der Waals surface area contributed by atoms with Crippen molar-refractivity contribution in [3.8, 4) is 0 Å². The van der Waals surface area contributed by atoms with Gasteiger partial charge in [-0.2, -0.15) is 0 Å². The Kier molecular flexibility index (Phi) is 5.80. The van der Waals surface area contributed by atoms with Crippen LogP contribution in [0.25, 0.3) is 10.9 Å². The van der Waals surface area contributed by atoms with Gasteiger partial charge >= 0.3 is 0 Å². The zero-order chi connectivity index (χ0) is 19.5. The van der Waals surface area contributed by atoms with Gasteiger partial charge in [0.25, 0.3) is 0 Å². The molecule has 0 aliphatic carbocycles. The molecule has 2 aromatic heterocycles. The van der Waals surface area contributed by atoms with E-state index in [9.17, 15) is 0 Å². The first-order valence-corrected chi connectivity index (χ1v) is 10.1. The highest BCUT2D eigenvalue weighted by Gasteiger charge is 2.19. The lowest BCUT2D eigenvalue weighted by Gasteiger charge is -2.34. The second-order valence-electron chi connectivity index (χ2n) is 6.91. The molecule has 0 radical (unpaired) electrons. The first-order valence-electron chi connectivity index (χ1n) is 9.35. The van der Waals surface area contributed by atoms with Gasteiger partial charge < -0.3 is 10.2 Å². The van der Waals surface area contributed by atoms with Gasteiger partial charge in [0, 0.05) is 67.3 Å². The smallest absolute Gasteiger partial charge is 0.227 e. The average molecular weight is 417 g/mol. The minimum Gasteiger partial charge on any atom is -0.383 e. The van der Waals surface area contributed by atoms with Crippen molar-refractivity contribution in [2.45, 2.75) is 6.92 Å². The number of hydrogen-bond donors (Lipinski definition) is 1. The van der Waals surface area contributed by atoms with Crippen molar-refractivity contribution in [3.05, 3.63) is 52.4 Å². The predicted molar refractivity (Wildman–Crippen MR) is 116 cm³/mol. The SMILES string of the molecule is Cc1cc(Cl)nc(N2CCN(CCNc3ccnc4cc(Cl)ccc34)CC2)n1. The maximum Gasteiger partial charge on any atom is 0.227 e. The van der Waals surface area contributed by atoms with Crippen LogP contribution in [0.1, 0.15) is 5.69 Å². The van der Waals surface area contributed by atoms with Crippen LogP contribution >= 0.6 is 23.2 Å². The molecule has 3 heterocycles. The van der Waals surface area contributed by atoms with Gasteiger partial charge in [-0.25, -0.2) is 9.97 Å². The molecule has 0 bridgehead atoms. The van der Waals surface area contributed by atoms with E-state index in [1.807, 2.05) is 37.4 Å². The average Bonchev–Trinajstić information content (AvgIpc) is 2.67. The number of hydrogen-bond acceptors (Lipinski definition) is 6. The highest BCUT2D eigenvalue weighted by Crippen LogP contribution is 2.24. The van der Waals surface area contributed by atoms with E-state index in [0.717, 1.165) is 67.5 Å². The fourth-order valence-corrected chi connectivity index (χ4v) is 3.85. The van der Waals surface area contributed by atoms with E-state index in [0.29, 0.717) is 10.2 Å². The van der Waals surface area contributed by atoms with Crippen LogP contribution in [0, 0.1) is 6.92 Å². The summed E-state index contributed by atoms with van der Waals surface area (Å²) in [6, 6.07) is 9.59. The van der Waals surface area contributed by atoms with Crippen molar-refractivity contribution >= 4 is 45.7 Å². The summed E-state index contributed by atoms with van der Waals surface area (Å²) in [5, 5.41) is 5.82. The Labute approximate surface area is 174 Å². The van der Waals surface area contributed by atoms with Crippen molar-refractivity contribution < 1.29 is 0 Å². The molecule has 0 amide bonds. The number of benzene rings is 1. The number of rotatable bonds is 5. The number of nitrogens with one attached hydrogen (secondary N) is 1. The number of fused-ring (bicyclic) bond motifs is 1. The number of pyridine rings is 1. The summed E-state index contributed by atoms with van der Waals surface area (Å²) in [6.45, 7) is 7.53. The van der Waals surface area contributed by atoms with E-state index in [1.165, 1.54) is 0 Å². The molecule has 1 N–H and O–H groups in total. The normalized spacial score (nSPS) is 15.2. The summed E-state index contributed by atoms with van der Waals surface area (Å²) < 4.78 is 0. The minimum atomic E-state index is 0.500. The summed E-state index contributed by atoms with van der Waals surface area (Å²) in [4.78, 5) is 17.9. The summed E-state index contributed by atoms with van der Waals surface area (Å²) >= 11 is 12.1. The maximum absolute atomic E-state index is 6.07. The first kappa shape index (κ1) is 19.2. The zero-order valence-corrected chi connectivity index (χ0v) is 17.2. The van der Waals surface area contributed by atoms with Gasteiger partial charge in [-0.15, -0.1) is 0 Å². The zero-order valence-electron chi connectivity index (χ0n) is 15.7. The molecule has 28 heavy (non-hydrogen) atoms. The Morgan fingerprint density at radius 3 is 2.64 bits per heavy atom. The Balaban J connectivity index is 1.30. The molecule has 8 heteroatoms. The molecule has 4 rings (SSSR count). The number of aryl methyl sites for hydroxylation is 1. The third-order valence-electron chi connectivity index (χ3n) is 4.91. The molecule has 1 fully saturated rings. The lowest BCUT2D eigenvalue weighted by molar-refractivity contribution is 0.266. The van der Waals surface area contributed by atoms with E-state index in [2.05, 4.69) is 30.1 Å². The molecule has 1 aromatic carbocycles. The second kappa shape index (κ2) is 8.47. The summed E-state index contributed by atoms with van der Waals surface area (Å²) in [5.74, 6) is 0.727. The number of halogens is 2. The van der Waals surface area contributed by atoms with E-state index in [1.54, 1.807) is 6.07 Å². The van der Waals surface area contributed by atoms with Gasteiger partial charge in [0.15, 0.2) is 0 Å². The standard InChI is InChI=1S/C20H22Cl2N6/c1-14-12-19(22)26-20(25-14)28-10-8-27(9-11-28)7-6-24-17-4-5-23-18-13-15(21)2-3-16(17)18/h2-5,12-13H,6-11H2,1H3,(H,23,24). The van der Waals surface area contributed by atoms with Crippen molar-refractivity contribution in [1.82, 2.24) is 19.9 Å². The number of aromatic nitrogens is 3. The molecule has 0 unspecified atom stereocenters. The minimum absolute atomic E-state index is 0.500. The Morgan fingerprint density at radius 2 is 1.86 bits per heavy atom. The maximum atomic E-state index is 6.07. The molecule has 1 saturated heterocycles. The molecule has 146 valence electrons. The van der Waals surface area contributed by atoms with Gasteiger partial charge in [-0.3, -0.25) is 9.88 Å². The highest BCUT2D eigenvalue weighted by atomic mass is 35.5. The van der Waals surface area contributed by atoms with E-state index in [-0.39, 0.29) is 0 Å². The summed E-state index contributed by atoms with van der Waals surface area (Å²) in [6.07, 6.45) is 1.81. The van der Waals surface area contributed by atoms with E-state index in [4.69, 9.17) is 23.2 Å². The third-order valence-corrected chi connectivity index (χ3v) is 5.34. The molecule has 6 nitrogen and oxygen atoms in total. The Bertz CT molecular complexity index is 952. The Morgan fingerprint density at radius 1 is 1.04 bits per heavy atom. The van der Waals surface area contributed by atoms with Crippen LogP contribution in [0.2, 0.25) is 10.2 Å². The van der Waals surface area contributed by atoms with E-state index < -0.39 is 0 Å². The van der Waals surface area contributed by atoms with Gasteiger partial charge in [-0.1, -0.05) is 23.2 Å². The van der Waals surface area contributed by atoms with Crippen LogP contribution in [0.3, 0.4) is 0 Å².